The highest BCUT2D eigenvalue weighted by Gasteiger charge is 2.32. The van der Waals surface area contributed by atoms with Crippen molar-refractivity contribution in [1.82, 2.24) is 14.9 Å². The van der Waals surface area contributed by atoms with E-state index in [0.29, 0.717) is 56.4 Å². The highest BCUT2D eigenvalue weighted by Crippen LogP contribution is 2.39. The normalized spacial score (nSPS) is 16.9. The molecule has 2 aromatic rings. The molecule has 9 nitrogen and oxygen atoms in total. The van der Waals surface area contributed by atoms with Crippen LogP contribution in [0.5, 0.6) is 5.88 Å². The molecule has 1 saturated heterocycles. The molecule has 0 bridgehead atoms. The molecule has 35 heavy (non-hydrogen) atoms. The van der Waals surface area contributed by atoms with E-state index in [0.717, 1.165) is 17.9 Å². The third-order valence-corrected chi connectivity index (χ3v) is 7.02. The smallest absolute Gasteiger partial charge is 0.410 e. The van der Waals surface area contributed by atoms with E-state index in [4.69, 9.17) is 9.47 Å². The third-order valence-electron chi connectivity index (χ3n) is 5.91. The average Bonchev–Trinajstić information content (AvgIpc) is 3.16. The van der Waals surface area contributed by atoms with Gasteiger partial charge >= 0.3 is 6.09 Å². The molecule has 0 radical (unpaired) electrons. The Morgan fingerprint density at radius 2 is 1.83 bits per heavy atom. The van der Waals surface area contributed by atoms with Crippen molar-refractivity contribution in [1.29, 1.82) is 0 Å². The standard InChI is InChI=1S/C24H31FN4O5S/c1-15-26-21-18(10-13-29(21)20-7-6-17(14-19(20)25)35(5,31)32)22(27-15)33-16-8-11-28(12-9-16)23(30)34-24(2,3)4/h6-7,14,16H,8-13H2,1-5H3. The fraction of sp³-hybridized carbons (Fsp3) is 0.542. The van der Waals surface area contributed by atoms with E-state index in [1.54, 1.807) is 16.7 Å². The summed E-state index contributed by atoms with van der Waals surface area (Å²) < 4.78 is 50.1. The number of nitrogens with zero attached hydrogens (tertiary/aromatic N) is 4. The van der Waals surface area contributed by atoms with Gasteiger partial charge in [-0.05, 0) is 52.3 Å². The number of benzene rings is 1. The number of carbonyl (C=O) groups is 1. The van der Waals surface area contributed by atoms with Gasteiger partial charge in [0.15, 0.2) is 9.84 Å². The van der Waals surface area contributed by atoms with E-state index in [-0.39, 0.29) is 22.8 Å². The maximum Gasteiger partial charge on any atom is 0.410 e. The number of ether oxygens (including phenoxy) is 2. The van der Waals surface area contributed by atoms with E-state index in [1.165, 1.54) is 12.1 Å². The van der Waals surface area contributed by atoms with Crippen LogP contribution in [0.15, 0.2) is 23.1 Å². The summed E-state index contributed by atoms with van der Waals surface area (Å²) in [6.45, 7) is 8.79. The van der Waals surface area contributed by atoms with Crippen LogP contribution in [0.2, 0.25) is 0 Å². The Morgan fingerprint density at radius 1 is 1.14 bits per heavy atom. The third kappa shape index (κ3) is 5.66. The Labute approximate surface area is 205 Å². The number of amides is 1. The summed E-state index contributed by atoms with van der Waals surface area (Å²) in [5.74, 6) is 0.891. The molecule has 2 aliphatic rings. The number of piperidine rings is 1. The van der Waals surface area contributed by atoms with E-state index in [2.05, 4.69) is 9.97 Å². The number of sulfone groups is 1. The maximum absolute atomic E-state index is 14.9. The number of fused-ring (bicyclic) bond motifs is 1. The largest absolute Gasteiger partial charge is 0.474 e. The Balaban J connectivity index is 1.50. The van der Waals surface area contributed by atoms with Crippen molar-refractivity contribution in [3.63, 3.8) is 0 Å². The fourth-order valence-electron chi connectivity index (χ4n) is 4.24. The first kappa shape index (κ1) is 25.2. The van der Waals surface area contributed by atoms with Crippen molar-refractivity contribution in [3.8, 4) is 5.88 Å². The molecule has 0 N–H and O–H groups in total. The second-order valence-electron chi connectivity index (χ2n) is 9.95. The number of halogens is 1. The summed E-state index contributed by atoms with van der Waals surface area (Å²) >= 11 is 0. The molecule has 1 fully saturated rings. The van der Waals surface area contributed by atoms with Crippen molar-refractivity contribution in [3.05, 3.63) is 35.4 Å². The molecular formula is C24H31FN4O5S. The Bertz CT molecular complexity index is 1240. The number of aryl methyl sites for hydroxylation is 1. The van der Waals surface area contributed by atoms with Crippen molar-refractivity contribution in [2.24, 2.45) is 0 Å². The van der Waals surface area contributed by atoms with Crippen molar-refractivity contribution >= 4 is 27.4 Å². The van der Waals surface area contributed by atoms with Gasteiger partial charge in [-0.2, -0.15) is 4.98 Å². The topological polar surface area (TPSA) is 102 Å². The number of hydrogen-bond donors (Lipinski definition) is 0. The van der Waals surface area contributed by atoms with Crippen molar-refractivity contribution < 1.29 is 27.1 Å². The summed E-state index contributed by atoms with van der Waals surface area (Å²) in [6.07, 6.45) is 2.45. The molecule has 190 valence electrons. The van der Waals surface area contributed by atoms with Crippen molar-refractivity contribution in [2.45, 2.75) is 63.6 Å². The predicted molar refractivity (Wildman–Crippen MR) is 128 cm³/mol. The van der Waals surface area contributed by atoms with Gasteiger partial charge in [-0.25, -0.2) is 22.6 Å². The Morgan fingerprint density at radius 3 is 2.43 bits per heavy atom. The molecule has 0 unspecified atom stereocenters. The van der Waals surface area contributed by atoms with Gasteiger partial charge in [-0.15, -0.1) is 0 Å². The number of carbonyl (C=O) groups excluding carboxylic acids is 1. The molecule has 2 aliphatic heterocycles. The average molecular weight is 507 g/mol. The fourth-order valence-corrected chi connectivity index (χ4v) is 4.87. The summed E-state index contributed by atoms with van der Waals surface area (Å²) in [5.41, 5.74) is 0.502. The SMILES string of the molecule is Cc1nc(OC2CCN(C(=O)OC(C)(C)C)CC2)c2c(n1)N(c1ccc(S(C)(=O)=O)cc1F)CC2. The predicted octanol–water partition coefficient (Wildman–Crippen LogP) is 3.80. The van der Waals surface area contributed by atoms with Crippen molar-refractivity contribution in [2.75, 3.05) is 30.8 Å². The molecule has 0 atom stereocenters. The minimum Gasteiger partial charge on any atom is -0.474 e. The Hall–Kier alpha value is -2.95. The maximum atomic E-state index is 14.9. The molecule has 0 saturated carbocycles. The minimum atomic E-state index is -3.51. The molecule has 11 heteroatoms. The van der Waals surface area contributed by atoms with Crippen LogP contribution >= 0.6 is 0 Å². The van der Waals surface area contributed by atoms with Crippen LogP contribution in [0.25, 0.3) is 0 Å². The molecule has 3 heterocycles. The quantitative estimate of drug-likeness (QED) is 0.617. The summed E-state index contributed by atoms with van der Waals surface area (Å²) in [4.78, 5) is 24.7. The zero-order valence-electron chi connectivity index (χ0n) is 20.7. The summed E-state index contributed by atoms with van der Waals surface area (Å²) in [5, 5.41) is 0. The molecule has 4 rings (SSSR count). The van der Waals surface area contributed by atoms with Gasteiger partial charge in [0.25, 0.3) is 0 Å². The monoisotopic (exact) mass is 506 g/mol. The Kier molecular flexibility index (Phi) is 6.65. The lowest BCUT2D eigenvalue weighted by Crippen LogP contribution is -2.44. The van der Waals surface area contributed by atoms with E-state index < -0.39 is 21.3 Å². The van der Waals surface area contributed by atoms with E-state index in [1.807, 2.05) is 20.8 Å². The highest BCUT2D eigenvalue weighted by molar-refractivity contribution is 7.90. The lowest BCUT2D eigenvalue weighted by molar-refractivity contribution is 0.0122. The van der Waals surface area contributed by atoms with E-state index in [9.17, 15) is 17.6 Å². The first-order valence-electron chi connectivity index (χ1n) is 11.6. The number of anilines is 2. The molecule has 0 spiro atoms. The van der Waals surface area contributed by atoms with Gasteiger partial charge in [0.2, 0.25) is 5.88 Å². The van der Waals surface area contributed by atoms with Crippen LogP contribution in [0.1, 0.15) is 45.0 Å². The second-order valence-corrected chi connectivity index (χ2v) is 12.0. The van der Waals surface area contributed by atoms with Crippen LogP contribution in [0.4, 0.5) is 20.7 Å². The summed E-state index contributed by atoms with van der Waals surface area (Å²) in [7, 11) is -3.51. The number of aromatic nitrogens is 2. The summed E-state index contributed by atoms with van der Waals surface area (Å²) in [6, 6.07) is 3.90. The zero-order chi connectivity index (χ0) is 25.5. The van der Waals surface area contributed by atoms with Crippen LogP contribution in [-0.4, -0.2) is 67.0 Å². The number of hydrogen-bond acceptors (Lipinski definition) is 8. The molecule has 1 aromatic carbocycles. The number of likely N-dealkylation sites (tertiary alicyclic amines) is 1. The highest BCUT2D eigenvalue weighted by atomic mass is 32.2. The van der Waals surface area contributed by atoms with E-state index >= 15 is 0 Å². The van der Waals surface area contributed by atoms with Crippen LogP contribution in [0.3, 0.4) is 0 Å². The zero-order valence-corrected chi connectivity index (χ0v) is 21.5. The van der Waals surface area contributed by atoms with Gasteiger partial charge in [-0.1, -0.05) is 0 Å². The molecule has 1 aromatic heterocycles. The number of rotatable bonds is 4. The first-order chi connectivity index (χ1) is 16.3. The molecular weight excluding hydrogens is 475 g/mol. The lowest BCUT2D eigenvalue weighted by atomic mass is 10.1. The molecule has 0 aliphatic carbocycles. The first-order valence-corrected chi connectivity index (χ1v) is 13.5. The van der Waals surface area contributed by atoms with Gasteiger partial charge in [0, 0.05) is 38.7 Å². The molecule has 1 amide bonds. The van der Waals surface area contributed by atoms with Crippen LogP contribution in [-0.2, 0) is 21.0 Å². The lowest BCUT2D eigenvalue weighted by Gasteiger charge is -2.33. The van der Waals surface area contributed by atoms with Gasteiger partial charge in [0.05, 0.1) is 16.1 Å². The minimum absolute atomic E-state index is 0.0706. The second kappa shape index (κ2) is 9.25. The van der Waals surface area contributed by atoms with Crippen LogP contribution in [0, 0.1) is 12.7 Å². The van der Waals surface area contributed by atoms with Crippen LogP contribution < -0.4 is 9.64 Å². The van der Waals surface area contributed by atoms with Gasteiger partial charge < -0.3 is 19.3 Å². The van der Waals surface area contributed by atoms with Gasteiger partial charge in [-0.3, -0.25) is 0 Å². The van der Waals surface area contributed by atoms with Gasteiger partial charge in [0.1, 0.15) is 29.2 Å².